The van der Waals surface area contributed by atoms with Crippen molar-refractivity contribution in [2.24, 2.45) is 4.99 Å². The van der Waals surface area contributed by atoms with Gasteiger partial charge in [0.15, 0.2) is 5.96 Å². The van der Waals surface area contributed by atoms with Crippen LogP contribution in [0.3, 0.4) is 0 Å². The number of rotatable bonds is 11. The third-order valence-corrected chi connectivity index (χ3v) is 3.15. The van der Waals surface area contributed by atoms with Gasteiger partial charge in [-0.1, -0.05) is 30.9 Å². The second kappa shape index (κ2) is 12.4. The second-order valence-corrected chi connectivity index (χ2v) is 5.60. The number of nitrogens with zero attached hydrogens (tertiary/aromatic N) is 1. The lowest BCUT2D eigenvalue weighted by Gasteiger charge is -2.13. The van der Waals surface area contributed by atoms with Crippen molar-refractivity contribution in [1.82, 2.24) is 10.6 Å². The minimum absolute atomic E-state index is 0.277. The summed E-state index contributed by atoms with van der Waals surface area (Å²) in [6, 6.07) is 7.94. The van der Waals surface area contributed by atoms with Crippen molar-refractivity contribution < 1.29 is 9.47 Å². The first-order valence-corrected chi connectivity index (χ1v) is 8.62. The average Bonchev–Trinajstić information content (AvgIpc) is 2.57. The minimum Gasteiger partial charge on any atom is -0.489 e. The van der Waals surface area contributed by atoms with Gasteiger partial charge in [0, 0.05) is 25.3 Å². The van der Waals surface area contributed by atoms with Crippen LogP contribution in [0.15, 0.2) is 41.9 Å². The number of ether oxygens (including phenoxy) is 2. The van der Waals surface area contributed by atoms with E-state index in [-0.39, 0.29) is 6.10 Å². The van der Waals surface area contributed by atoms with Crippen molar-refractivity contribution in [2.45, 2.75) is 39.8 Å². The van der Waals surface area contributed by atoms with Crippen molar-refractivity contribution in [1.29, 1.82) is 0 Å². The Morgan fingerprint density at radius 1 is 1.29 bits per heavy atom. The molecule has 0 heterocycles. The number of nitrogens with one attached hydrogen (secondary N) is 2. The van der Waals surface area contributed by atoms with Crippen molar-refractivity contribution >= 4 is 5.96 Å². The maximum atomic E-state index is 5.67. The Labute approximate surface area is 146 Å². The van der Waals surface area contributed by atoms with Crippen LogP contribution >= 0.6 is 0 Å². The van der Waals surface area contributed by atoms with Crippen molar-refractivity contribution in [3.8, 4) is 5.75 Å². The molecule has 1 aromatic rings. The fourth-order valence-corrected chi connectivity index (χ4v) is 2.03. The summed E-state index contributed by atoms with van der Waals surface area (Å²) in [5, 5.41) is 6.59. The van der Waals surface area contributed by atoms with E-state index in [0.717, 1.165) is 43.4 Å². The van der Waals surface area contributed by atoms with E-state index in [1.54, 1.807) is 6.08 Å². The van der Waals surface area contributed by atoms with Crippen LogP contribution in [0.2, 0.25) is 0 Å². The van der Waals surface area contributed by atoms with Gasteiger partial charge in [0.2, 0.25) is 0 Å². The lowest BCUT2D eigenvalue weighted by Crippen LogP contribution is -2.38. The molecule has 0 aliphatic carbocycles. The van der Waals surface area contributed by atoms with Crippen molar-refractivity contribution in [3.05, 3.63) is 42.5 Å². The molecule has 0 aliphatic heterocycles. The molecule has 0 radical (unpaired) electrons. The Morgan fingerprint density at radius 3 is 2.79 bits per heavy atom. The van der Waals surface area contributed by atoms with Crippen molar-refractivity contribution in [3.63, 3.8) is 0 Å². The quantitative estimate of drug-likeness (QED) is 0.283. The molecule has 0 fully saturated rings. The van der Waals surface area contributed by atoms with Crippen LogP contribution in [0.5, 0.6) is 5.75 Å². The van der Waals surface area contributed by atoms with Crippen LogP contribution in [0.1, 0.15) is 32.8 Å². The molecule has 5 heteroatoms. The molecule has 0 atom stereocenters. The zero-order valence-electron chi connectivity index (χ0n) is 15.2. The van der Waals surface area contributed by atoms with Gasteiger partial charge in [-0.25, -0.2) is 4.99 Å². The van der Waals surface area contributed by atoms with Crippen LogP contribution in [0.25, 0.3) is 0 Å². The van der Waals surface area contributed by atoms with Gasteiger partial charge >= 0.3 is 0 Å². The predicted octanol–water partition coefficient (Wildman–Crippen LogP) is 3.12. The topological polar surface area (TPSA) is 54.9 Å². The van der Waals surface area contributed by atoms with E-state index in [9.17, 15) is 0 Å². The zero-order valence-corrected chi connectivity index (χ0v) is 15.2. The van der Waals surface area contributed by atoms with Gasteiger partial charge in [-0.2, -0.15) is 0 Å². The van der Waals surface area contributed by atoms with Crippen LogP contribution in [-0.4, -0.2) is 38.4 Å². The lowest BCUT2D eigenvalue weighted by atomic mass is 10.2. The molecule has 2 N–H and O–H groups in total. The highest BCUT2D eigenvalue weighted by atomic mass is 16.5. The molecular weight excluding hydrogens is 302 g/mol. The molecule has 1 aromatic carbocycles. The number of guanidine groups is 1. The average molecular weight is 333 g/mol. The SMILES string of the molecule is C=CCOc1ccccc1CN=C(NCC)NCCCOC(C)C. The van der Waals surface area contributed by atoms with E-state index in [4.69, 9.17) is 9.47 Å². The van der Waals surface area contributed by atoms with Crippen LogP contribution in [0, 0.1) is 0 Å². The summed E-state index contributed by atoms with van der Waals surface area (Å²) in [7, 11) is 0. The molecule has 0 saturated carbocycles. The number of benzene rings is 1. The van der Waals surface area contributed by atoms with E-state index in [0.29, 0.717) is 13.2 Å². The molecular formula is C19H31N3O2. The second-order valence-electron chi connectivity index (χ2n) is 5.60. The Morgan fingerprint density at radius 2 is 2.08 bits per heavy atom. The molecule has 1 rings (SSSR count). The van der Waals surface area contributed by atoms with Crippen LogP contribution in [0.4, 0.5) is 0 Å². The highest BCUT2D eigenvalue weighted by Gasteiger charge is 2.03. The molecule has 0 aromatic heterocycles. The minimum atomic E-state index is 0.277. The summed E-state index contributed by atoms with van der Waals surface area (Å²) in [4.78, 5) is 4.63. The Kier molecular flexibility index (Phi) is 10.4. The molecule has 5 nitrogen and oxygen atoms in total. The van der Waals surface area contributed by atoms with Gasteiger partial charge in [0.05, 0.1) is 12.6 Å². The summed E-state index contributed by atoms with van der Waals surface area (Å²) in [5.41, 5.74) is 1.06. The van der Waals surface area contributed by atoms with E-state index >= 15 is 0 Å². The number of aliphatic imine (C=N–C) groups is 1. The molecule has 0 aliphatic rings. The van der Waals surface area contributed by atoms with E-state index in [1.807, 2.05) is 38.1 Å². The molecule has 0 spiro atoms. The molecule has 0 saturated heterocycles. The summed E-state index contributed by atoms with van der Waals surface area (Å²) in [5.74, 6) is 1.66. The Balaban J connectivity index is 2.54. The zero-order chi connectivity index (χ0) is 17.6. The summed E-state index contributed by atoms with van der Waals surface area (Å²) < 4.78 is 11.2. The van der Waals surface area contributed by atoms with E-state index < -0.39 is 0 Å². The van der Waals surface area contributed by atoms with Gasteiger partial charge in [-0.15, -0.1) is 0 Å². The van der Waals surface area contributed by atoms with Gasteiger partial charge in [0.25, 0.3) is 0 Å². The fourth-order valence-electron chi connectivity index (χ4n) is 2.03. The summed E-state index contributed by atoms with van der Waals surface area (Å²) in [6.45, 7) is 13.3. The number of para-hydroxylation sites is 1. The molecule has 134 valence electrons. The number of hydrogen-bond donors (Lipinski definition) is 2. The normalized spacial score (nSPS) is 11.4. The standard InChI is InChI=1S/C19H31N3O2/c1-5-13-24-18-11-8-7-10-17(18)15-22-19(20-6-2)21-12-9-14-23-16(3)4/h5,7-8,10-11,16H,1,6,9,12-15H2,2-4H3,(H2,20,21,22). The first-order valence-electron chi connectivity index (χ1n) is 8.62. The highest BCUT2D eigenvalue weighted by molar-refractivity contribution is 5.79. The lowest BCUT2D eigenvalue weighted by molar-refractivity contribution is 0.0776. The third kappa shape index (κ3) is 8.58. The summed E-state index contributed by atoms with van der Waals surface area (Å²) in [6.07, 6.45) is 2.96. The van der Waals surface area contributed by atoms with Crippen molar-refractivity contribution in [2.75, 3.05) is 26.3 Å². The van der Waals surface area contributed by atoms with Gasteiger partial charge < -0.3 is 20.1 Å². The van der Waals surface area contributed by atoms with Gasteiger partial charge in [0.1, 0.15) is 12.4 Å². The largest absolute Gasteiger partial charge is 0.489 e. The highest BCUT2D eigenvalue weighted by Crippen LogP contribution is 2.18. The smallest absolute Gasteiger partial charge is 0.191 e. The molecule has 24 heavy (non-hydrogen) atoms. The first kappa shape index (κ1) is 20.0. The van der Waals surface area contributed by atoms with Gasteiger partial charge in [-0.05, 0) is 33.3 Å². The Hall–Kier alpha value is -2.01. The monoisotopic (exact) mass is 333 g/mol. The van der Waals surface area contributed by atoms with Gasteiger partial charge in [-0.3, -0.25) is 0 Å². The maximum absolute atomic E-state index is 5.67. The first-order chi connectivity index (χ1) is 11.7. The maximum Gasteiger partial charge on any atom is 0.191 e. The van der Waals surface area contributed by atoms with Crippen LogP contribution in [-0.2, 0) is 11.3 Å². The third-order valence-electron chi connectivity index (χ3n) is 3.15. The fraction of sp³-hybridized carbons (Fsp3) is 0.526. The summed E-state index contributed by atoms with van der Waals surface area (Å²) >= 11 is 0. The van der Waals surface area contributed by atoms with E-state index in [2.05, 4.69) is 29.1 Å². The molecule has 0 unspecified atom stereocenters. The van der Waals surface area contributed by atoms with Crippen LogP contribution < -0.4 is 15.4 Å². The number of hydrogen-bond acceptors (Lipinski definition) is 3. The predicted molar refractivity (Wildman–Crippen MR) is 101 cm³/mol. The van der Waals surface area contributed by atoms with E-state index in [1.165, 1.54) is 0 Å². The Bertz CT molecular complexity index is 501. The molecule has 0 amide bonds. The molecule has 0 bridgehead atoms.